The summed E-state index contributed by atoms with van der Waals surface area (Å²) in [4.78, 5) is 67.3. The van der Waals surface area contributed by atoms with E-state index in [0.29, 0.717) is 16.4 Å². The van der Waals surface area contributed by atoms with Gasteiger partial charge in [-0.25, -0.2) is 14.0 Å². The Morgan fingerprint density at radius 3 is 2.58 bits per heavy atom. The minimum absolute atomic E-state index is 0.0116. The summed E-state index contributed by atoms with van der Waals surface area (Å²) in [6.45, 7) is 3.06. The number of fused-ring (bicyclic) bond motifs is 1. The van der Waals surface area contributed by atoms with Crippen molar-refractivity contribution in [3.63, 3.8) is 0 Å². The van der Waals surface area contributed by atoms with Crippen LogP contribution >= 0.6 is 22.6 Å². The van der Waals surface area contributed by atoms with Gasteiger partial charge in [0.15, 0.2) is 0 Å². The number of esters is 1. The van der Waals surface area contributed by atoms with E-state index in [0.717, 1.165) is 4.57 Å². The van der Waals surface area contributed by atoms with Crippen molar-refractivity contribution in [2.45, 2.75) is 32.7 Å². The third-order valence-electron chi connectivity index (χ3n) is 6.40. The number of anilines is 3. The van der Waals surface area contributed by atoms with Gasteiger partial charge in [-0.1, -0.05) is 6.07 Å². The zero-order chi connectivity index (χ0) is 28.7. The van der Waals surface area contributed by atoms with Gasteiger partial charge in [-0.15, -0.1) is 0 Å². The molecule has 5 rings (SSSR count). The summed E-state index contributed by atoms with van der Waals surface area (Å²) < 4.78 is 22.4. The maximum absolute atomic E-state index is 14.7. The van der Waals surface area contributed by atoms with Gasteiger partial charge in [-0.2, -0.15) is 0 Å². The Bertz CT molecular complexity index is 1870. The van der Waals surface area contributed by atoms with E-state index in [9.17, 15) is 28.4 Å². The lowest BCUT2D eigenvalue weighted by Crippen LogP contribution is -2.40. The third kappa shape index (κ3) is 5.03. The van der Waals surface area contributed by atoms with Gasteiger partial charge in [0.2, 0.25) is 0 Å². The van der Waals surface area contributed by atoms with Gasteiger partial charge in [0.25, 0.3) is 11.1 Å². The number of H-pyrrole nitrogens is 1. The first kappa shape index (κ1) is 27.3. The molecule has 2 aromatic heterocycles. The molecule has 206 valence electrons. The first-order valence-corrected chi connectivity index (χ1v) is 13.4. The second-order valence-electron chi connectivity index (χ2n) is 9.18. The summed E-state index contributed by atoms with van der Waals surface area (Å²) in [6, 6.07) is 10.2. The lowest BCUT2D eigenvalue weighted by Gasteiger charge is -2.18. The number of nitrogens with zero attached hydrogens (tertiary/aromatic N) is 2. The minimum Gasteiger partial charge on any atom is -0.459 e. The lowest BCUT2D eigenvalue weighted by atomic mass is 10.1. The summed E-state index contributed by atoms with van der Waals surface area (Å²) in [5, 5.41) is 5.24. The largest absolute Gasteiger partial charge is 0.459 e. The number of halogens is 2. The average molecular weight is 659 g/mol. The molecule has 1 amide bonds. The van der Waals surface area contributed by atoms with Gasteiger partial charge in [-0.05, 0) is 85.7 Å². The number of carbonyl (C=O) groups excluding carboxylic acids is 2. The Labute approximate surface area is 239 Å². The Hall–Kier alpha value is -4.27. The zero-order valence-corrected chi connectivity index (χ0v) is 23.5. The summed E-state index contributed by atoms with van der Waals surface area (Å²) >= 11 is 1.96. The third-order valence-corrected chi connectivity index (χ3v) is 7.07. The summed E-state index contributed by atoms with van der Waals surface area (Å²) in [6.07, 6.45) is 1.24. The van der Waals surface area contributed by atoms with Crippen LogP contribution in [0.15, 0.2) is 56.8 Å². The van der Waals surface area contributed by atoms with E-state index in [1.807, 2.05) is 22.6 Å². The number of carbonyl (C=O) groups is 2. The monoisotopic (exact) mass is 659 g/mol. The Kier molecular flexibility index (Phi) is 7.31. The highest BCUT2D eigenvalue weighted by atomic mass is 127. The van der Waals surface area contributed by atoms with Crippen molar-refractivity contribution in [1.29, 1.82) is 0 Å². The van der Waals surface area contributed by atoms with Gasteiger partial charge >= 0.3 is 17.6 Å². The second-order valence-corrected chi connectivity index (χ2v) is 10.4. The van der Waals surface area contributed by atoms with Gasteiger partial charge in [0.1, 0.15) is 17.0 Å². The number of pyridine rings is 1. The average Bonchev–Trinajstić information content (AvgIpc) is 3.74. The maximum atomic E-state index is 14.7. The molecule has 2 aromatic carbocycles. The van der Waals surface area contributed by atoms with Crippen LogP contribution in [0.4, 0.5) is 21.6 Å². The number of hydrogen-bond acceptors (Lipinski definition) is 7. The SMILES string of the molecule is CCOC(=O)C(=O)Nc1cccc(-n2c(=O)n(C3CC3)c(=O)c3c(Nc4ccc(I)cc4F)[nH]c(=O)c(C)c32)c1. The predicted molar refractivity (Wildman–Crippen MR) is 155 cm³/mol. The number of aromatic amines is 1. The Morgan fingerprint density at radius 1 is 1.15 bits per heavy atom. The van der Waals surface area contributed by atoms with Crippen molar-refractivity contribution in [3.8, 4) is 5.69 Å². The lowest BCUT2D eigenvalue weighted by molar-refractivity contribution is -0.152. The molecule has 1 saturated carbocycles. The van der Waals surface area contributed by atoms with Crippen LogP contribution < -0.4 is 27.4 Å². The normalized spacial score (nSPS) is 12.8. The van der Waals surface area contributed by atoms with Crippen LogP contribution in [0.2, 0.25) is 0 Å². The van der Waals surface area contributed by atoms with Gasteiger partial charge < -0.3 is 20.4 Å². The molecule has 0 unspecified atom stereocenters. The molecule has 1 aliphatic carbocycles. The highest BCUT2D eigenvalue weighted by Crippen LogP contribution is 2.34. The number of ether oxygens (including phenoxy) is 1. The molecular weight excluding hydrogens is 636 g/mol. The highest BCUT2D eigenvalue weighted by molar-refractivity contribution is 14.1. The topological polar surface area (TPSA) is 144 Å². The first-order valence-electron chi connectivity index (χ1n) is 12.4. The van der Waals surface area contributed by atoms with Crippen LogP contribution in [0.25, 0.3) is 16.6 Å². The standard InChI is InChI=1S/C27H23FIN5O6/c1-3-40-26(38)24(36)30-15-5-4-6-17(12-15)33-21-13(2)23(35)32-22(31-19-10-7-14(29)11-18(19)28)20(21)25(37)34(27(33)39)16-8-9-16/h4-7,10-12,16H,3,8-9H2,1-2H3,(H,30,36)(H2,31,32,35). The maximum Gasteiger partial charge on any atom is 0.397 e. The molecule has 40 heavy (non-hydrogen) atoms. The number of rotatable bonds is 6. The molecule has 1 aliphatic rings. The quantitative estimate of drug-likeness (QED) is 0.163. The summed E-state index contributed by atoms with van der Waals surface area (Å²) in [5.41, 5.74) is -1.34. The van der Waals surface area contributed by atoms with Crippen molar-refractivity contribution >= 4 is 62.6 Å². The fourth-order valence-corrected chi connectivity index (χ4v) is 4.85. The number of amides is 1. The molecule has 2 heterocycles. The molecule has 0 spiro atoms. The molecule has 0 atom stereocenters. The van der Waals surface area contributed by atoms with Crippen LogP contribution in [0.1, 0.15) is 31.4 Å². The highest BCUT2D eigenvalue weighted by Gasteiger charge is 2.31. The van der Waals surface area contributed by atoms with E-state index >= 15 is 0 Å². The molecule has 0 bridgehead atoms. The van der Waals surface area contributed by atoms with Crippen LogP contribution in [0, 0.1) is 16.3 Å². The smallest absolute Gasteiger partial charge is 0.397 e. The van der Waals surface area contributed by atoms with E-state index in [1.165, 1.54) is 35.8 Å². The van der Waals surface area contributed by atoms with E-state index < -0.39 is 34.5 Å². The van der Waals surface area contributed by atoms with E-state index in [-0.39, 0.29) is 52.0 Å². The van der Waals surface area contributed by atoms with E-state index in [1.54, 1.807) is 25.1 Å². The van der Waals surface area contributed by atoms with E-state index in [2.05, 4.69) is 15.6 Å². The molecular formula is C27H23FIN5O6. The van der Waals surface area contributed by atoms with Crippen LogP contribution in [-0.2, 0) is 14.3 Å². The predicted octanol–water partition coefficient (Wildman–Crippen LogP) is 3.47. The Morgan fingerprint density at radius 2 is 1.90 bits per heavy atom. The Balaban J connectivity index is 1.76. The van der Waals surface area contributed by atoms with Crippen molar-refractivity contribution < 1.29 is 18.7 Å². The number of nitrogens with one attached hydrogen (secondary N) is 3. The zero-order valence-electron chi connectivity index (χ0n) is 21.3. The molecule has 11 nitrogen and oxygen atoms in total. The van der Waals surface area contributed by atoms with Crippen LogP contribution in [0.3, 0.4) is 0 Å². The molecule has 4 aromatic rings. The number of hydrogen-bond donors (Lipinski definition) is 3. The van der Waals surface area contributed by atoms with E-state index in [4.69, 9.17) is 4.74 Å². The molecule has 0 aliphatic heterocycles. The fraction of sp³-hybridized carbons (Fsp3) is 0.222. The fourth-order valence-electron chi connectivity index (χ4n) is 4.40. The van der Waals surface area contributed by atoms with Crippen LogP contribution in [-0.4, -0.2) is 32.6 Å². The van der Waals surface area contributed by atoms with Crippen LogP contribution in [0.5, 0.6) is 0 Å². The van der Waals surface area contributed by atoms with Gasteiger partial charge in [-0.3, -0.25) is 23.5 Å². The molecule has 3 N–H and O–H groups in total. The van der Waals surface area contributed by atoms with Gasteiger partial charge in [0, 0.05) is 20.9 Å². The van der Waals surface area contributed by atoms with Crippen molar-refractivity contribution in [1.82, 2.24) is 14.1 Å². The number of aryl methyl sites for hydroxylation is 1. The minimum atomic E-state index is -1.07. The summed E-state index contributed by atoms with van der Waals surface area (Å²) in [5.74, 6) is -2.73. The molecule has 0 saturated heterocycles. The van der Waals surface area contributed by atoms with Gasteiger partial charge in [0.05, 0.1) is 23.5 Å². The second kappa shape index (κ2) is 10.7. The molecule has 0 radical (unpaired) electrons. The molecule has 13 heteroatoms. The summed E-state index contributed by atoms with van der Waals surface area (Å²) in [7, 11) is 0. The van der Waals surface area contributed by atoms with Crippen molar-refractivity contribution in [3.05, 3.63) is 88.6 Å². The number of benzene rings is 2. The van der Waals surface area contributed by atoms with Crippen molar-refractivity contribution in [2.24, 2.45) is 0 Å². The first-order chi connectivity index (χ1) is 19.1. The number of aromatic nitrogens is 3. The molecule has 1 fully saturated rings. The van der Waals surface area contributed by atoms with Crippen molar-refractivity contribution in [2.75, 3.05) is 17.2 Å².